The van der Waals surface area contributed by atoms with E-state index in [0.29, 0.717) is 0 Å². The summed E-state index contributed by atoms with van der Waals surface area (Å²) in [6.45, 7) is 10.3. The Kier molecular flexibility index (Phi) is 9.24. The van der Waals surface area contributed by atoms with E-state index in [9.17, 15) is 4.79 Å². The Morgan fingerprint density at radius 3 is 2.50 bits per heavy atom. The van der Waals surface area contributed by atoms with Gasteiger partial charge in [-0.05, 0) is 40.2 Å². The Labute approximate surface area is 99.1 Å². The smallest absolute Gasteiger partial charge is 0.237 e. The van der Waals surface area contributed by atoms with E-state index in [1.165, 1.54) is 0 Å². The van der Waals surface area contributed by atoms with Gasteiger partial charge in [0.05, 0.1) is 6.04 Å². The Morgan fingerprint density at radius 2 is 1.94 bits per heavy atom. The summed E-state index contributed by atoms with van der Waals surface area (Å²) in [6.07, 6.45) is 2.00. The minimum Gasteiger partial charge on any atom is -0.381 e. The van der Waals surface area contributed by atoms with E-state index in [-0.39, 0.29) is 18.0 Å². The van der Waals surface area contributed by atoms with Gasteiger partial charge in [-0.3, -0.25) is 4.79 Å². The average molecular weight is 230 g/mol. The summed E-state index contributed by atoms with van der Waals surface area (Å²) >= 11 is 0. The largest absolute Gasteiger partial charge is 0.381 e. The monoisotopic (exact) mass is 230 g/mol. The Morgan fingerprint density at radius 1 is 1.25 bits per heavy atom. The van der Waals surface area contributed by atoms with Crippen LogP contribution in [0, 0.1) is 0 Å². The Bertz CT molecular complexity index is 184. The van der Waals surface area contributed by atoms with E-state index in [2.05, 4.69) is 17.6 Å². The zero-order valence-corrected chi connectivity index (χ0v) is 11.0. The topological polar surface area (TPSA) is 50.4 Å². The van der Waals surface area contributed by atoms with Gasteiger partial charge in [0.2, 0.25) is 5.91 Å². The molecule has 0 saturated carbocycles. The van der Waals surface area contributed by atoms with Crippen LogP contribution in [0.3, 0.4) is 0 Å². The maximum Gasteiger partial charge on any atom is 0.237 e. The molecule has 0 rings (SSSR count). The van der Waals surface area contributed by atoms with Crippen LogP contribution in [0.2, 0.25) is 0 Å². The quantitative estimate of drug-likeness (QED) is 0.587. The van der Waals surface area contributed by atoms with E-state index < -0.39 is 0 Å². The van der Waals surface area contributed by atoms with Gasteiger partial charge < -0.3 is 15.4 Å². The van der Waals surface area contributed by atoms with Crippen molar-refractivity contribution in [3.63, 3.8) is 0 Å². The Hall–Kier alpha value is -0.610. The number of hydrogen-bond acceptors (Lipinski definition) is 3. The van der Waals surface area contributed by atoms with Gasteiger partial charge in [0.15, 0.2) is 0 Å². The summed E-state index contributed by atoms with van der Waals surface area (Å²) in [5, 5.41) is 6.04. The summed E-state index contributed by atoms with van der Waals surface area (Å²) in [4.78, 5) is 11.5. The molecule has 16 heavy (non-hydrogen) atoms. The second-order valence-electron chi connectivity index (χ2n) is 4.31. The Balaban J connectivity index is 3.42. The summed E-state index contributed by atoms with van der Waals surface area (Å²) < 4.78 is 5.35. The standard InChI is InChI=1S/C12H26N2O2/c1-5-8-16-9-6-7-13-11(4)12(15)14-10(2)3/h10-11,13H,5-9H2,1-4H3,(H,14,15). The van der Waals surface area contributed by atoms with E-state index in [1.807, 2.05) is 20.8 Å². The van der Waals surface area contributed by atoms with Crippen LogP contribution in [-0.4, -0.2) is 37.7 Å². The molecule has 0 aromatic heterocycles. The normalized spacial score (nSPS) is 12.8. The van der Waals surface area contributed by atoms with Crippen LogP contribution in [0.1, 0.15) is 40.5 Å². The van der Waals surface area contributed by atoms with Gasteiger partial charge in [-0.2, -0.15) is 0 Å². The van der Waals surface area contributed by atoms with Crippen molar-refractivity contribution < 1.29 is 9.53 Å². The first-order valence-electron chi connectivity index (χ1n) is 6.19. The lowest BCUT2D eigenvalue weighted by Gasteiger charge is -2.15. The van der Waals surface area contributed by atoms with E-state index in [0.717, 1.165) is 32.6 Å². The van der Waals surface area contributed by atoms with Gasteiger partial charge in [-0.25, -0.2) is 0 Å². The van der Waals surface area contributed by atoms with Crippen molar-refractivity contribution in [1.29, 1.82) is 0 Å². The van der Waals surface area contributed by atoms with Crippen LogP contribution in [0.15, 0.2) is 0 Å². The summed E-state index contributed by atoms with van der Waals surface area (Å²) in [5.41, 5.74) is 0. The number of nitrogens with one attached hydrogen (secondary N) is 2. The van der Waals surface area contributed by atoms with Crippen molar-refractivity contribution in [3.8, 4) is 0 Å². The van der Waals surface area contributed by atoms with Crippen LogP contribution < -0.4 is 10.6 Å². The first-order valence-corrected chi connectivity index (χ1v) is 6.19. The van der Waals surface area contributed by atoms with Crippen molar-refractivity contribution in [1.82, 2.24) is 10.6 Å². The molecule has 0 spiro atoms. The minimum atomic E-state index is -0.131. The molecule has 0 aliphatic heterocycles. The molecule has 0 radical (unpaired) electrons. The van der Waals surface area contributed by atoms with Crippen LogP contribution >= 0.6 is 0 Å². The molecular weight excluding hydrogens is 204 g/mol. The first-order chi connectivity index (χ1) is 7.57. The van der Waals surface area contributed by atoms with Crippen LogP contribution in [0.4, 0.5) is 0 Å². The molecule has 0 bridgehead atoms. The molecule has 96 valence electrons. The maximum absolute atomic E-state index is 11.5. The molecule has 0 aliphatic rings. The van der Waals surface area contributed by atoms with Gasteiger partial charge in [0.25, 0.3) is 0 Å². The highest BCUT2D eigenvalue weighted by Crippen LogP contribution is 1.88. The molecule has 0 aromatic carbocycles. The minimum absolute atomic E-state index is 0.0597. The molecule has 0 heterocycles. The van der Waals surface area contributed by atoms with Gasteiger partial charge >= 0.3 is 0 Å². The molecule has 1 amide bonds. The highest BCUT2D eigenvalue weighted by atomic mass is 16.5. The van der Waals surface area contributed by atoms with Crippen LogP contribution in [-0.2, 0) is 9.53 Å². The maximum atomic E-state index is 11.5. The molecular formula is C12H26N2O2. The molecule has 1 atom stereocenters. The predicted molar refractivity (Wildman–Crippen MR) is 66.5 cm³/mol. The van der Waals surface area contributed by atoms with Crippen molar-refractivity contribution in [2.45, 2.75) is 52.6 Å². The second kappa shape index (κ2) is 9.60. The number of rotatable bonds is 9. The third-order valence-electron chi connectivity index (χ3n) is 2.09. The lowest BCUT2D eigenvalue weighted by molar-refractivity contribution is -0.123. The molecule has 2 N–H and O–H groups in total. The third kappa shape index (κ3) is 8.68. The lowest BCUT2D eigenvalue weighted by Crippen LogP contribution is -2.45. The number of carbonyl (C=O) groups excluding carboxylic acids is 1. The first kappa shape index (κ1) is 15.4. The van der Waals surface area contributed by atoms with E-state index >= 15 is 0 Å². The molecule has 0 aromatic rings. The van der Waals surface area contributed by atoms with E-state index in [4.69, 9.17) is 4.74 Å². The molecule has 0 saturated heterocycles. The van der Waals surface area contributed by atoms with Crippen LogP contribution in [0.25, 0.3) is 0 Å². The molecule has 4 heteroatoms. The summed E-state index contributed by atoms with van der Waals surface area (Å²) in [6, 6.07) is 0.0678. The van der Waals surface area contributed by atoms with Gasteiger partial charge in [0.1, 0.15) is 0 Å². The number of hydrogen-bond donors (Lipinski definition) is 2. The fourth-order valence-electron chi connectivity index (χ4n) is 1.24. The van der Waals surface area contributed by atoms with Crippen molar-refractivity contribution in [2.75, 3.05) is 19.8 Å². The third-order valence-corrected chi connectivity index (χ3v) is 2.09. The van der Waals surface area contributed by atoms with Crippen molar-refractivity contribution in [2.24, 2.45) is 0 Å². The SMILES string of the molecule is CCCOCCCNC(C)C(=O)NC(C)C. The second-order valence-corrected chi connectivity index (χ2v) is 4.31. The van der Waals surface area contributed by atoms with Gasteiger partial charge in [0, 0.05) is 19.3 Å². The fraction of sp³-hybridized carbons (Fsp3) is 0.917. The zero-order chi connectivity index (χ0) is 12.4. The van der Waals surface area contributed by atoms with Gasteiger partial charge in [-0.15, -0.1) is 0 Å². The predicted octanol–water partition coefficient (Wildman–Crippen LogP) is 1.31. The van der Waals surface area contributed by atoms with Crippen molar-refractivity contribution in [3.05, 3.63) is 0 Å². The van der Waals surface area contributed by atoms with Crippen molar-refractivity contribution >= 4 is 5.91 Å². The fourth-order valence-corrected chi connectivity index (χ4v) is 1.24. The number of carbonyl (C=O) groups is 1. The molecule has 4 nitrogen and oxygen atoms in total. The lowest BCUT2D eigenvalue weighted by atomic mass is 10.2. The number of amides is 1. The van der Waals surface area contributed by atoms with Crippen LogP contribution in [0.5, 0.6) is 0 Å². The number of ether oxygens (including phenoxy) is 1. The molecule has 0 aliphatic carbocycles. The summed E-state index contributed by atoms with van der Waals surface area (Å²) in [7, 11) is 0. The molecule has 1 unspecified atom stereocenters. The summed E-state index contributed by atoms with van der Waals surface area (Å²) in [5.74, 6) is 0.0597. The molecule has 0 fully saturated rings. The van der Waals surface area contributed by atoms with Gasteiger partial charge in [-0.1, -0.05) is 6.92 Å². The highest BCUT2D eigenvalue weighted by molar-refractivity contribution is 5.81. The zero-order valence-electron chi connectivity index (χ0n) is 11.0. The average Bonchev–Trinajstić information content (AvgIpc) is 2.21. The van der Waals surface area contributed by atoms with E-state index in [1.54, 1.807) is 0 Å². The highest BCUT2D eigenvalue weighted by Gasteiger charge is 2.11.